The number of anilines is 1. The minimum Gasteiger partial charge on any atom is -0.455 e. The van der Waals surface area contributed by atoms with Gasteiger partial charge in [-0.05, 0) is 75.2 Å². The van der Waals surface area contributed by atoms with Crippen LogP contribution in [-0.2, 0) is 27.0 Å². The number of alkyl halides is 3. The van der Waals surface area contributed by atoms with Crippen LogP contribution in [0.1, 0.15) is 38.3 Å². The van der Waals surface area contributed by atoms with Crippen LogP contribution < -0.4 is 20.3 Å². The predicted molar refractivity (Wildman–Crippen MR) is 163 cm³/mol. The van der Waals surface area contributed by atoms with Crippen molar-refractivity contribution in [3.8, 4) is 11.5 Å². The first-order chi connectivity index (χ1) is 21.7. The maximum atomic E-state index is 13.9. The summed E-state index contributed by atoms with van der Waals surface area (Å²) in [5.41, 5.74) is -1.50. The lowest BCUT2D eigenvalue weighted by atomic mass is 10.1. The van der Waals surface area contributed by atoms with Gasteiger partial charge in [0.2, 0.25) is 11.8 Å². The normalized spacial score (nSPS) is 14.8. The summed E-state index contributed by atoms with van der Waals surface area (Å²) in [7, 11) is 0. The molecule has 0 radical (unpaired) electrons. The Morgan fingerprint density at radius 3 is 2.35 bits per heavy atom. The van der Waals surface area contributed by atoms with Crippen LogP contribution in [-0.4, -0.2) is 60.6 Å². The average molecular weight is 645 g/mol. The standard InChI is InChI=1S/C33H36F4N4O5/c1-32(2,3)46-31(44)39-25-13-14-40(19-25)30(43)21-41(27-11-7-8-12-28(27)45-26-9-5-4-6-10-26)20-29(42)38-18-22-15-23(33(35,36)37)17-24(34)16-22/h4-12,15-17,25H,13-14,18-21H2,1-3H3,(H,38,42)(H,39,44). The van der Waals surface area contributed by atoms with Crippen molar-refractivity contribution in [3.05, 3.63) is 89.7 Å². The van der Waals surface area contributed by atoms with Crippen LogP contribution in [0.2, 0.25) is 0 Å². The molecule has 4 rings (SSSR count). The van der Waals surface area contributed by atoms with E-state index in [2.05, 4.69) is 10.6 Å². The Hall–Kier alpha value is -4.81. The summed E-state index contributed by atoms with van der Waals surface area (Å²) in [4.78, 5) is 41.9. The second-order valence-electron chi connectivity index (χ2n) is 11.8. The SMILES string of the molecule is CC(C)(C)OC(=O)NC1CCN(C(=O)CN(CC(=O)NCc2cc(F)cc(C(F)(F)F)c2)c2ccccc2Oc2ccccc2)C1. The summed E-state index contributed by atoms with van der Waals surface area (Å²) in [5.74, 6) is -1.14. The number of likely N-dealkylation sites (tertiary alicyclic amines) is 1. The van der Waals surface area contributed by atoms with Gasteiger partial charge in [-0.15, -0.1) is 0 Å². The third kappa shape index (κ3) is 10.1. The van der Waals surface area contributed by atoms with Crippen LogP contribution in [0.4, 0.5) is 28.0 Å². The number of ether oxygens (including phenoxy) is 2. The summed E-state index contributed by atoms with van der Waals surface area (Å²) < 4.78 is 64.8. The van der Waals surface area contributed by atoms with Crippen molar-refractivity contribution < 1.29 is 41.4 Å². The molecule has 3 aromatic rings. The number of benzene rings is 3. The minimum absolute atomic E-state index is 0.0725. The number of rotatable bonds is 10. The van der Waals surface area contributed by atoms with E-state index in [1.807, 2.05) is 6.07 Å². The highest BCUT2D eigenvalue weighted by molar-refractivity contribution is 5.87. The van der Waals surface area contributed by atoms with E-state index in [1.54, 1.807) is 74.2 Å². The van der Waals surface area contributed by atoms with E-state index in [-0.39, 0.29) is 43.7 Å². The molecule has 0 spiro atoms. The van der Waals surface area contributed by atoms with Gasteiger partial charge in [-0.2, -0.15) is 13.2 Å². The molecule has 1 unspecified atom stereocenters. The van der Waals surface area contributed by atoms with E-state index in [0.29, 0.717) is 36.2 Å². The van der Waals surface area contributed by atoms with Gasteiger partial charge in [0, 0.05) is 19.6 Å². The van der Waals surface area contributed by atoms with E-state index in [1.165, 1.54) is 4.90 Å². The summed E-state index contributed by atoms with van der Waals surface area (Å²) in [6.07, 6.45) is -4.83. The quantitative estimate of drug-likeness (QED) is 0.267. The molecule has 1 aliphatic rings. The molecule has 3 aromatic carbocycles. The van der Waals surface area contributed by atoms with Gasteiger partial charge in [0.1, 0.15) is 17.2 Å². The molecule has 0 aromatic heterocycles. The third-order valence-electron chi connectivity index (χ3n) is 6.87. The monoisotopic (exact) mass is 644 g/mol. The van der Waals surface area contributed by atoms with Crippen LogP contribution in [0.5, 0.6) is 11.5 Å². The number of halogens is 4. The number of nitrogens with zero attached hydrogens (tertiary/aromatic N) is 2. The topological polar surface area (TPSA) is 100 Å². The van der Waals surface area contributed by atoms with Crippen molar-refractivity contribution in [3.63, 3.8) is 0 Å². The summed E-state index contributed by atoms with van der Waals surface area (Å²) in [6, 6.07) is 17.4. The predicted octanol–water partition coefficient (Wildman–Crippen LogP) is 5.89. The van der Waals surface area contributed by atoms with Gasteiger partial charge in [0.05, 0.1) is 30.4 Å². The van der Waals surface area contributed by atoms with Gasteiger partial charge in [-0.3, -0.25) is 9.59 Å². The second kappa shape index (κ2) is 14.5. The zero-order chi connectivity index (χ0) is 33.5. The lowest BCUT2D eigenvalue weighted by Gasteiger charge is -2.28. The van der Waals surface area contributed by atoms with Crippen LogP contribution in [0.3, 0.4) is 0 Å². The number of amides is 3. The van der Waals surface area contributed by atoms with E-state index < -0.39 is 35.2 Å². The Labute approximate surface area is 264 Å². The van der Waals surface area contributed by atoms with Crippen LogP contribution in [0, 0.1) is 5.82 Å². The molecule has 0 aliphatic carbocycles. The molecule has 1 saturated heterocycles. The molecule has 46 heavy (non-hydrogen) atoms. The first kappa shape index (κ1) is 34.1. The molecule has 1 aliphatic heterocycles. The molecule has 2 N–H and O–H groups in total. The maximum Gasteiger partial charge on any atom is 0.416 e. The number of hydrogen-bond acceptors (Lipinski definition) is 6. The molecule has 3 amide bonds. The minimum atomic E-state index is -4.75. The molecule has 1 heterocycles. The smallest absolute Gasteiger partial charge is 0.416 e. The summed E-state index contributed by atoms with van der Waals surface area (Å²) in [6.45, 7) is 4.87. The van der Waals surface area contributed by atoms with Gasteiger partial charge in [-0.1, -0.05) is 30.3 Å². The molecule has 13 heteroatoms. The fourth-order valence-electron chi connectivity index (χ4n) is 4.83. The van der Waals surface area contributed by atoms with Crippen molar-refractivity contribution >= 4 is 23.6 Å². The highest BCUT2D eigenvalue weighted by Crippen LogP contribution is 2.33. The number of alkyl carbamates (subject to hydrolysis) is 1. The maximum absolute atomic E-state index is 13.9. The number of para-hydroxylation sites is 3. The molecule has 9 nitrogen and oxygen atoms in total. The second-order valence-corrected chi connectivity index (χ2v) is 11.8. The molecular weight excluding hydrogens is 608 g/mol. The van der Waals surface area contributed by atoms with E-state index >= 15 is 0 Å². The summed E-state index contributed by atoms with van der Waals surface area (Å²) >= 11 is 0. The van der Waals surface area contributed by atoms with Crippen molar-refractivity contribution in [1.29, 1.82) is 0 Å². The molecule has 1 fully saturated rings. The zero-order valence-electron chi connectivity index (χ0n) is 25.7. The fraction of sp³-hybridized carbons (Fsp3) is 0.364. The molecular formula is C33H36F4N4O5. The molecule has 0 saturated carbocycles. The Morgan fingerprint density at radius 2 is 1.65 bits per heavy atom. The van der Waals surface area contributed by atoms with Crippen molar-refractivity contribution in [2.45, 2.75) is 51.6 Å². The number of carbonyl (C=O) groups is 3. The Kier molecular flexibility index (Phi) is 10.8. The van der Waals surface area contributed by atoms with Gasteiger partial charge >= 0.3 is 12.3 Å². The number of hydrogen-bond donors (Lipinski definition) is 2. The lowest BCUT2D eigenvalue weighted by Crippen LogP contribution is -2.45. The van der Waals surface area contributed by atoms with E-state index in [9.17, 15) is 31.9 Å². The zero-order valence-corrected chi connectivity index (χ0v) is 25.7. The van der Waals surface area contributed by atoms with Gasteiger partial charge < -0.3 is 29.9 Å². The van der Waals surface area contributed by atoms with Gasteiger partial charge in [0.25, 0.3) is 0 Å². The molecule has 1 atom stereocenters. The van der Waals surface area contributed by atoms with Crippen LogP contribution in [0.25, 0.3) is 0 Å². The Bertz CT molecular complexity index is 1530. The fourth-order valence-corrected chi connectivity index (χ4v) is 4.83. The van der Waals surface area contributed by atoms with Crippen LogP contribution in [0.15, 0.2) is 72.8 Å². The highest BCUT2D eigenvalue weighted by atomic mass is 19.4. The lowest BCUT2D eigenvalue weighted by molar-refractivity contribution is -0.137. The van der Waals surface area contributed by atoms with E-state index in [0.717, 1.165) is 12.1 Å². The largest absolute Gasteiger partial charge is 0.455 e. The van der Waals surface area contributed by atoms with Crippen LogP contribution >= 0.6 is 0 Å². The average Bonchev–Trinajstić information content (AvgIpc) is 3.43. The molecule has 246 valence electrons. The highest BCUT2D eigenvalue weighted by Gasteiger charge is 2.32. The van der Waals surface area contributed by atoms with Crippen molar-refractivity contribution in [1.82, 2.24) is 15.5 Å². The van der Waals surface area contributed by atoms with Crippen molar-refractivity contribution in [2.24, 2.45) is 0 Å². The van der Waals surface area contributed by atoms with Gasteiger partial charge in [0.15, 0.2) is 5.75 Å². The summed E-state index contributed by atoms with van der Waals surface area (Å²) in [5, 5.41) is 5.30. The molecule has 0 bridgehead atoms. The first-order valence-corrected chi connectivity index (χ1v) is 14.6. The van der Waals surface area contributed by atoms with E-state index in [4.69, 9.17) is 9.47 Å². The first-order valence-electron chi connectivity index (χ1n) is 14.6. The van der Waals surface area contributed by atoms with Gasteiger partial charge in [-0.25, -0.2) is 9.18 Å². The number of carbonyl (C=O) groups excluding carboxylic acids is 3. The van der Waals surface area contributed by atoms with Crippen molar-refractivity contribution in [2.75, 3.05) is 31.1 Å². The Balaban J connectivity index is 1.49. The number of nitrogens with one attached hydrogen (secondary N) is 2. The Morgan fingerprint density at radius 1 is 0.957 bits per heavy atom. The third-order valence-corrected chi connectivity index (χ3v) is 6.87.